The fourth-order valence-electron chi connectivity index (χ4n) is 2.53. The van der Waals surface area contributed by atoms with E-state index < -0.39 is 0 Å². The van der Waals surface area contributed by atoms with Crippen molar-refractivity contribution < 1.29 is 0 Å². The monoisotopic (exact) mass is 276 g/mol. The van der Waals surface area contributed by atoms with Crippen molar-refractivity contribution >= 4 is 17.3 Å². The summed E-state index contributed by atoms with van der Waals surface area (Å²) in [6, 6.07) is 0.370. The molecule has 0 bridgehead atoms. The third-order valence-electron chi connectivity index (χ3n) is 3.39. The molecular weight excluding hydrogens is 252 g/mol. The molecule has 0 spiro atoms. The summed E-state index contributed by atoms with van der Waals surface area (Å²) < 4.78 is 2.01. The van der Waals surface area contributed by atoms with Crippen molar-refractivity contribution in [1.29, 1.82) is 0 Å². The topological polar surface area (TPSA) is 48.7 Å². The summed E-state index contributed by atoms with van der Waals surface area (Å²) in [7, 11) is 6.06. The van der Waals surface area contributed by atoms with E-state index in [9.17, 15) is 0 Å². The quantitative estimate of drug-likeness (QED) is 0.867. The maximum atomic E-state index is 4.70. The van der Waals surface area contributed by atoms with Crippen LogP contribution >= 0.6 is 0 Å². The number of nitrogens with one attached hydrogen (secondary N) is 1. The molecule has 1 unspecified atom stereocenters. The summed E-state index contributed by atoms with van der Waals surface area (Å²) in [5.74, 6) is 1.78. The Bertz CT molecular complexity index is 562. The summed E-state index contributed by atoms with van der Waals surface area (Å²) in [6.45, 7) is 6.25. The predicted molar refractivity (Wildman–Crippen MR) is 83.6 cm³/mol. The normalized spacial score (nSPS) is 12.9. The molecule has 2 aromatic rings. The number of hydrogen-bond donors (Lipinski definition) is 1. The third kappa shape index (κ3) is 2.85. The van der Waals surface area contributed by atoms with Crippen LogP contribution < -0.4 is 10.2 Å². The number of likely N-dealkylation sites (N-methyl/N-ethyl adjacent to an activating group) is 2. The third-order valence-corrected chi connectivity index (χ3v) is 3.39. The van der Waals surface area contributed by atoms with Crippen LogP contribution in [0.2, 0.25) is 0 Å². The van der Waals surface area contributed by atoms with Crippen molar-refractivity contribution in [3.05, 3.63) is 18.6 Å². The molecule has 0 aromatic carbocycles. The Morgan fingerprint density at radius 2 is 2.15 bits per heavy atom. The second kappa shape index (κ2) is 6.09. The Balaban J connectivity index is 2.44. The fraction of sp³-hybridized carbons (Fsp3) is 0.571. The zero-order valence-electron chi connectivity index (χ0n) is 13.0. The second-order valence-electron chi connectivity index (χ2n) is 5.26. The molecule has 6 heteroatoms. The van der Waals surface area contributed by atoms with Crippen LogP contribution in [-0.2, 0) is 0 Å². The van der Waals surface area contributed by atoms with Crippen molar-refractivity contribution in [2.75, 3.05) is 44.4 Å². The Kier molecular flexibility index (Phi) is 4.44. The van der Waals surface area contributed by atoms with Gasteiger partial charge in [-0.3, -0.25) is 0 Å². The van der Waals surface area contributed by atoms with Crippen LogP contribution in [0.15, 0.2) is 18.6 Å². The van der Waals surface area contributed by atoms with Gasteiger partial charge >= 0.3 is 0 Å². The molecule has 2 aromatic heterocycles. The van der Waals surface area contributed by atoms with E-state index in [0.29, 0.717) is 6.04 Å². The van der Waals surface area contributed by atoms with Crippen LogP contribution in [0.5, 0.6) is 0 Å². The molecule has 110 valence electrons. The molecule has 0 fully saturated rings. The summed E-state index contributed by atoms with van der Waals surface area (Å²) in [6.07, 6.45) is 5.71. The van der Waals surface area contributed by atoms with Crippen molar-refractivity contribution in [3.8, 4) is 0 Å². The van der Waals surface area contributed by atoms with E-state index >= 15 is 0 Å². The Morgan fingerprint density at radius 3 is 2.75 bits per heavy atom. The summed E-state index contributed by atoms with van der Waals surface area (Å²) in [5, 5.41) is 3.11. The highest BCUT2D eigenvalue weighted by atomic mass is 15.3. The fourth-order valence-corrected chi connectivity index (χ4v) is 2.53. The summed E-state index contributed by atoms with van der Waals surface area (Å²) >= 11 is 0. The molecule has 0 saturated heterocycles. The van der Waals surface area contributed by atoms with Gasteiger partial charge in [-0.1, -0.05) is 0 Å². The Morgan fingerprint density at radius 1 is 1.40 bits per heavy atom. The van der Waals surface area contributed by atoms with Crippen LogP contribution in [0.4, 0.5) is 11.6 Å². The van der Waals surface area contributed by atoms with Gasteiger partial charge in [-0.15, -0.1) is 0 Å². The van der Waals surface area contributed by atoms with E-state index in [1.165, 1.54) is 0 Å². The van der Waals surface area contributed by atoms with Crippen LogP contribution in [-0.4, -0.2) is 59.5 Å². The molecule has 1 N–H and O–H groups in total. The van der Waals surface area contributed by atoms with E-state index in [4.69, 9.17) is 4.98 Å². The number of rotatable bonds is 6. The van der Waals surface area contributed by atoms with Crippen molar-refractivity contribution in [1.82, 2.24) is 19.3 Å². The number of anilines is 2. The molecule has 2 rings (SSSR count). The zero-order chi connectivity index (χ0) is 14.7. The highest BCUT2D eigenvalue weighted by Crippen LogP contribution is 2.22. The van der Waals surface area contributed by atoms with Gasteiger partial charge in [-0.05, 0) is 27.9 Å². The first-order valence-corrected chi connectivity index (χ1v) is 6.99. The molecule has 0 aliphatic heterocycles. The highest BCUT2D eigenvalue weighted by Gasteiger charge is 2.19. The van der Waals surface area contributed by atoms with Gasteiger partial charge in [0, 0.05) is 38.6 Å². The first-order chi connectivity index (χ1) is 9.56. The lowest BCUT2D eigenvalue weighted by Crippen LogP contribution is -2.40. The largest absolute Gasteiger partial charge is 0.372 e. The van der Waals surface area contributed by atoms with Crippen molar-refractivity contribution in [2.24, 2.45) is 0 Å². The van der Waals surface area contributed by atoms with Crippen LogP contribution in [0.1, 0.15) is 13.8 Å². The predicted octanol–water partition coefficient (Wildman–Crippen LogP) is 1.55. The molecule has 0 radical (unpaired) electrons. The standard InChI is InChI=1S/C14H24N6/c1-6-20(11(2)9-18(4)5)14-13-16-7-8-19(13)10-12(15-3)17-14/h7-8,10-11,15H,6,9H2,1-5H3. The first kappa shape index (κ1) is 14.6. The molecule has 1 atom stereocenters. The van der Waals surface area contributed by atoms with E-state index in [0.717, 1.165) is 30.4 Å². The van der Waals surface area contributed by atoms with Gasteiger partial charge in [0.1, 0.15) is 5.82 Å². The van der Waals surface area contributed by atoms with E-state index in [1.54, 1.807) is 0 Å². The minimum absolute atomic E-state index is 0.370. The van der Waals surface area contributed by atoms with Gasteiger partial charge in [0.25, 0.3) is 0 Å². The SMILES string of the molecule is CCN(c1nc(NC)cn2ccnc12)C(C)CN(C)C. The molecule has 6 nitrogen and oxygen atoms in total. The summed E-state index contributed by atoms with van der Waals surface area (Å²) in [5.41, 5.74) is 0.899. The average molecular weight is 276 g/mol. The van der Waals surface area contributed by atoms with E-state index in [-0.39, 0.29) is 0 Å². The van der Waals surface area contributed by atoms with Crippen LogP contribution in [0, 0.1) is 0 Å². The maximum Gasteiger partial charge on any atom is 0.180 e. The summed E-state index contributed by atoms with van der Waals surface area (Å²) in [4.78, 5) is 13.6. The van der Waals surface area contributed by atoms with Crippen molar-refractivity contribution in [3.63, 3.8) is 0 Å². The minimum Gasteiger partial charge on any atom is -0.372 e. The Hall–Kier alpha value is -1.82. The van der Waals surface area contributed by atoms with Gasteiger partial charge in [0.2, 0.25) is 0 Å². The average Bonchev–Trinajstić information content (AvgIpc) is 2.86. The number of aromatic nitrogens is 3. The van der Waals surface area contributed by atoms with E-state index in [1.807, 2.05) is 30.0 Å². The van der Waals surface area contributed by atoms with Gasteiger partial charge in [0.15, 0.2) is 11.5 Å². The van der Waals surface area contributed by atoms with Crippen LogP contribution in [0.3, 0.4) is 0 Å². The Labute approximate surface area is 120 Å². The molecule has 0 aliphatic carbocycles. The van der Waals surface area contributed by atoms with Gasteiger partial charge < -0.3 is 19.5 Å². The van der Waals surface area contributed by atoms with E-state index in [2.05, 4.69) is 48.0 Å². The van der Waals surface area contributed by atoms with Gasteiger partial charge in [-0.2, -0.15) is 0 Å². The number of fused-ring (bicyclic) bond motifs is 1. The van der Waals surface area contributed by atoms with Gasteiger partial charge in [-0.25, -0.2) is 9.97 Å². The number of imidazole rings is 1. The smallest absolute Gasteiger partial charge is 0.180 e. The molecule has 20 heavy (non-hydrogen) atoms. The molecule has 0 aliphatic rings. The zero-order valence-corrected chi connectivity index (χ0v) is 13.0. The minimum atomic E-state index is 0.370. The lowest BCUT2D eigenvalue weighted by Gasteiger charge is -2.31. The maximum absolute atomic E-state index is 4.70. The van der Waals surface area contributed by atoms with Crippen molar-refractivity contribution in [2.45, 2.75) is 19.9 Å². The van der Waals surface area contributed by atoms with Gasteiger partial charge in [0.05, 0.1) is 6.20 Å². The lowest BCUT2D eigenvalue weighted by molar-refractivity contribution is 0.372. The van der Waals surface area contributed by atoms with Crippen LogP contribution in [0.25, 0.3) is 5.65 Å². The number of hydrogen-bond acceptors (Lipinski definition) is 5. The highest BCUT2D eigenvalue weighted by molar-refractivity contribution is 5.67. The molecule has 2 heterocycles. The molecular formula is C14H24N6. The number of nitrogens with zero attached hydrogens (tertiary/aromatic N) is 5. The lowest BCUT2D eigenvalue weighted by atomic mass is 10.2. The molecule has 0 amide bonds. The first-order valence-electron chi connectivity index (χ1n) is 6.99. The molecule has 0 saturated carbocycles. The second-order valence-corrected chi connectivity index (χ2v) is 5.26.